The molecule has 0 aliphatic carbocycles. The first-order valence-electron chi connectivity index (χ1n) is 9.78. The molecule has 0 aliphatic rings. The smallest absolute Gasteiger partial charge is 0.163 e. The van der Waals surface area contributed by atoms with E-state index in [0.717, 1.165) is 5.56 Å². The van der Waals surface area contributed by atoms with Gasteiger partial charge in [-0.2, -0.15) is 0 Å². The number of benzene rings is 4. The van der Waals surface area contributed by atoms with Gasteiger partial charge in [0, 0.05) is 0 Å². The largest absolute Gasteiger partial charge is 0.227 e. The van der Waals surface area contributed by atoms with E-state index in [1.807, 2.05) is 121 Å². The summed E-state index contributed by atoms with van der Waals surface area (Å²) in [7, 11) is 0. The monoisotopic (exact) mass is 378 g/mol. The molecular formula is C27H22O2. The van der Waals surface area contributed by atoms with Crippen LogP contribution in [0.4, 0.5) is 0 Å². The Labute approximate surface area is 171 Å². The molecular weight excluding hydrogens is 356 g/mol. The number of hydrogen-bond acceptors (Lipinski definition) is 0. The molecule has 4 aromatic carbocycles. The van der Waals surface area contributed by atoms with E-state index in [0.29, 0.717) is 16.7 Å². The van der Waals surface area contributed by atoms with Crippen molar-refractivity contribution >= 4 is 0 Å². The summed E-state index contributed by atoms with van der Waals surface area (Å²) in [5.74, 6) is -0.823. The summed E-state index contributed by atoms with van der Waals surface area (Å²) >= 11 is 0. The summed E-state index contributed by atoms with van der Waals surface area (Å²) in [5, 5.41) is 28.6. The van der Waals surface area contributed by atoms with Crippen molar-refractivity contribution in [3.05, 3.63) is 144 Å². The summed E-state index contributed by atoms with van der Waals surface area (Å²) in [4.78, 5) is 0. The molecule has 0 aliphatic heterocycles. The normalized spacial score (nSPS) is 13.6. The minimum atomic E-state index is -1.73. The van der Waals surface area contributed by atoms with Gasteiger partial charge in [-0.05, 0) is 22.3 Å². The topological polar surface area (TPSA) is 39.8 Å². The highest BCUT2D eigenvalue weighted by molar-refractivity contribution is 5.43. The van der Waals surface area contributed by atoms with Gasteiger partial charge in [-0.25, -0.2) is 10.2 Å². The highest BCUT2D eigenvalue weighted by Gasteiger charge is 2.47. The Kier molecular flexibility index (Phi) is 5.57. The third kappa shape index (κ3) is 3.73. The predicted molar refractivity (Wildman–Crippen MR) is 113 cm³/mol. The van der Waals surface area contributed by atoms with Crippen molar-refractivity contribution in [1.82, 2.24) is 0 Å². The van der Waals surface area contributed by atoms with E-state index in [2.05, 4.69) is 0 Å². The van der Waals surface area contributed by atoms with Gasteiger partial charge in [0.1, 0.15) is 6.10 Å². The van der Waals surface area contributed by atoms with Crippen molar-refractivity contribution in [3.8, 4) is 0 Å². The second-order valence-corrected chi connectivity index (χ2v) is 7.19. The summed E-state index contributed by atoms with van der Waals surface area (Å²) in [6.45, 7) is 0. The van der Waals surface area contributed by atoms with E-state index in [1.165, 1.54) is 0 Å². The van der Waals surface area contributed by atoms with Crippen LogP contribution in [0.1, 0.15) is 34.3 Å². The molecule has 2 atom stereocenters. The van der Waals surface area contributed by atoms with Gasteiger partial charge in [0.25, 0.3) is 0 Å². The second-order valence-electron chi connectivity index (χ2n) is 7.19. The lowest BCUT2D eigenvalue weighted by Crippen LogP contribution is -2.37. The van der Waals surface area contributed by atoms with Gasteiger partial charge < -0.3 is 0 Å². The Morgan fingerprint density at radius 2 is 0.828 bits per heavy atom. The van der Waals surface area contributed by atoms with Crippen LogP contribution in [-0.4, -0.2) is 0 Å². The van der Waals surface area contributed by atoms with Crippen LogP contribution >= 0.6 is 0 Å². The van der Waals surface area contributed by atoms with Crippen molar-refractivity contribution in [2.45, 2.75) is 17.6 Å². The maximum Gasteiger partial charge on any atom is 0.163 e. The first-order valence-corrected chi connectivity index (χ1v) is 9.78. The van der Waals surface area contributed by atoms with E-state index in [4.69, 9.17) is 0 Å². The van der Waals surface area contributed by atoms with Gasteiger partial charge in [0.15, 0.2) is 5.60 Å². The Bertz CT molecular complexity index is 976. The van der Waals surface area contributed by atoms with E-state index < -0.39 is 17.6 Å². The zero-order valence-corrected chi connectivity index (χ0v) is 16.0. The molecule has 0 bridgehead atoms. The molecule has 0 heterocycles. The maximum absolute atomic E-state index is 14.8. The highest BCUT2D eigenvalue weighted by Crippen LogP contribution is 2.49. The zero-order chi connectivity index (χ0) is 20.1. The van der Waals surface area contributed by atoms with Crippen LogP contribution in [0.25, 0.3) is 0 Å². The fourth-order valence-corrected chi connectivity index (χ4v) is 4.02. The van der Waals surface area contributed by atoms with Crippen LogP contribution in [-0.2, 0) is 15.8 Å². The molecule has 0 saturated carbocycles. The van der Waals surface area contributed by atoms with Crippen LogP contribution in [0.15, 0.2) is 121 Å². The average Bonchev–Trinajstić information content (AvgIpc) is 2.81. The van der Waals surface area contributed by atoms with Crippen LogP contribution in [0, 0.1) is 0 Å². The fourth-order valence-electron chi connectivity index (χ4n) is 4.02. The molecule has 0 spiro atoms. The van der Waals surface area contributed by atoms with Gasteiger partial charge in [-0.1, -0.05) is 121 Å². The lowest BCUT2D eigenvalue weighted by molar-refractivity contribution is -0.0786. The van der Waals surface area contributed by atoms with Gasteiger partial charge in [0.2, 0.25) is 0 Å². The van der Waals surface area contributed by atoms with E-state index in [9.17, 15) is 10.2 Å². The number of rotatable bonds is 6. The van der Waals surface area contributed by atoms with Gasteiger partial charge >= 0.3 is 0 Å². The summed E-state index contributed by atoms with van der Waals surface area (Å²) in [5.41, 5.74) is 0.827. The molecule has 2 nitrogen and oxygen atoms in total. The van der Waals surface area contributed by atoms with Gasteiger partial charge in [0.05, 0.1) is 5.92 Å². The molecule has 29 heavy (non-hydrogen) atoms. The molecule has 0 saturated heterocycles. The minimum absolute atomic E-state index is 0.594. The molecule has 0 amide bonds. The summed E-state index contributed by atoms with van der Waals surface area (Å²) in [6, 6.07) is 37.1. The van der Waals surface area contributed by atoms with Crippen LogP contribution in [0.5, 0.6) is 0 Å². The first-order chi connectivity index (χ1) is 14.2. The van der Waals surface area contributed by atoms with E-state index in [1.54, 1.807) is 0 Å². The third-order valence-corrected chi connectivity index (χ3v) is 5.43. The Balaban J connectivity index is 1.97. The van der Waals surface area contributed by atoms with E-state index >= 15 is 0 Å². The molecule has 142 valence electrons. The molecule has 4 rings (SSSR count). The molecule has 0 N–H and O–H groups in total. The molecule has 2 heteroatoms. The summed E-state index contributed by atoms with van der Waals surface area (Å²) < 4.78 is 0. The zero-order valence-electron chi connectivity index (χ0n) is 16.0. The fraction of sp³-hybridized carbons (Fsp3) is 0.111. The van der Waals surface area contributed by atoms with Crippen molar-refractivity contribution in [2.24, 2.45) is 0 Å². The van der Waals surface area contributed by atoms with Crippen molar-refractivity contribution < 1.29 is 10.2 Å². The van der Waals surface area contributed by atoms with E-state index in [-0.39, 0.29) is 0 Å². The molecule has 4 aromatic rings. The lowest BCUT2D eigenvalue weighted by Gasteiger charge is -2.37. The SMILES string of the molecule is [O]C(c1ccccc1)C(c1ccccc1)C([O])(c1ccccc1)c1ccccc1. The van der Waals surface area contributed by atoms with Gasteiger partial charge in [-0.3, -0.25) is 0 Å². The lowest BCUT2D eigenvalue weighted by atomic mass is 9.69. The predicted octanol–water partition coefficient (Wildman–Crippen LogP) is 6.32. The van der Waals surface area contributed by atoms with Crippen LogP contribution < -0.4 is 0 Å². The molecule has 0 fully saturated rings. The molecule has 2 radical (unpaired) electrons. The third-order valence-electron chi connectivity index (χ3n) is 5.43. The molecule has 2 unspecified atom stereocenters. The summed E-state index contributed by atoms with van der Waals surface area (Å²) in [6.07, 6.45) is -1.21. The standard InChI is InChI=1S/C27H22O2/c28-26(22-15-7-2-8-16-22)25(21-13-5-1-6-14-21)27(29,23-17-9-3-10-18-23)24-19-11-4-12-20-24/h1-20,25-26H. The maximum atomic E-state index is 14.8. The van der Waals surface area contributed by atoms with Crippen molar-refractivity contribution in [2.75, 3.05) is 0 Å². The Hall–Kier alpha value is -3.20. The van der Waals surface area contributed by atoms with Crippen molar-refractivity contribution in [3.63, 3.8) is 0 Å². The Morgan fingerprint density at radius 3 is 1.24 bits per heavy atom. The first kappa shape index (κ1) is 19.1. The van der Waals surface area contributed by atoms with Gasteiger partial charge in [-0.15, -0.1) is 0 Å². The Morgan fingerprint density at radius 1 is 0.483 bits per heavy atom. The quantitative estimate of drug-likeness (QED) is 0.377. The minimum Gasteiger partial charge on any atom is -0.227 e. The second kappa shape index (κ2) is 8.44. The average molecular weight is 378 g/mol. The number of hydrogen-bond donors (Lipinski definition) is 0. The highest BCUT2D eigenvalue weighted by atomic mass is 16.3. The van der Waals surface area contributed by atoms with Crippen molar-refractivity contribution in [1.29, 1.82) is 0 Å². The molecule has 0 aromatic heterocycles. The van der Waals surface area contributed by atoms with Crippen LogP contribution in [0.3, 0.4) is 0 Å². The van der Waals surface area contributed by atoms with Crippen LogP contribution in [0.2, 0.25) is 0 Å².